The molecule has 5 nitrogen and oxygen atoms in total. The molecule has 118 valence electrons. The van der Waals surface area contributed by atoms with Gasteiger partial charge in [-0.1, -0.05) is 37.1 Å². The van der Waals surface area contributed by atoms with Crippen LogP contribution in [0.5, 0.6) is 0 Å². The number of benzene rings is 1. The largest absolute Gasteiger partial charge is 0.377 e. The van der Waals surface area contributed by atoms with Crippen molar-refractivity contribution in [3.63, 3.8) is 0 Å². The van der Waals surface area contributed by atoms with E-state index in [0.717, 1.165) is 24.0 Å². The molecule has 0 saturated heterocycles. The van der Waals surface area contributed by atoms with Gasteiger partial charge in [-0.15, -0.1) is 0 Å². The minimum absolute atomic E-state index is 0.0379. The smallest absolute Gasteiger partial charge is 0.215 e. The predicted molar refractivity (Wildman–Crippen MR) is 83.2 cm³/mol. The first-order valence-electron chi connectivity index (χ1n) is 7.46. The van der Waals surface area contributed by atoms with Crippen LogP contribution in [0.4, 0.5) is 0 Å². The summed E-state index contributed by atoms with van der Waals surface area (Å²) in [5.41, 5.74) is 7.25. The Hall–Kier alpha value is -0.950. The highest BCUT2D eigenvalue weighted by molar-refractivity contribution is 7.88. The summed E-state index contributed by atoms with van der Waals surface area (Å²) in [6.45, 7) is 1.10. The Balaban J connectivity index is 1.78. The molecule has 0 radical (unpaired) electrons. The molecule has 3 N–H and O–H groups in total. The summed E-state index contributed by atoms with van der Waals surface area (Å²) in [5, 5.41) is 0. The molecule has 1 aliphatic carbocycles. The summed E-state index contributed by atoms with van der Waals surface area (Å²) in [4.78, 5) is 0. The molecule has 1 fully saturated rings. The molecular weight excluding hydrogens is 288 g/mol. The molecule has 2 rings (SSSR count). The van der Waals surface area contributed by atoms with Gasteiger partial charge >= 0.3 is 0 Å². The van der Waals surface area contributed by atoms with E-state index in [1.807, 2.05) is 18.2 Å². The van der Waals surface area contributed by atoms with E-state index in [1.54, 1.807) is 6.07 Å². The minimum atomic E-state index is -3.35. The van der Waals surface area contributed by atoms with Gasteiger partial charge < -0.3 is 10.5 Å². The predicted octanol–water partition coefficient (Wildman–Crippen LogP) is 1.52. The van der Waals surface area contributed by atoms with Crippen molar-refractivity contribution in [1.29, 1.82) is 0 Å². The van der Waals surface area contributed by atoms with Gasteiger partial charge in [-0.25, -0.2) is 13.1 Å². The van der Waals surface area contributed by atoms with E-state index < -0.39 is 10.0 Å². The van der Waals surface area contributed by atoms with Gasteiger partial charge in [0.2, 0.25) is 10.0 Å². The summed E-state index contributed by atoms with van der Waals surface area (Å²) in [6.07, 6.45) is 4.93. The second-order valence-corrected chi connectivity index (χ2v) is 7.21. The van der Waals surface area contributed by atoms with Crippen molar-refractivity contribution >= 4 is 10.0 Å². The van der Waals surface area contributed by atoms with Gasteiger partial charge in [0.15, 0.2) is 0 Å². The third-order valence-electron chi connectivity index (χ3n) is 3.76. The lowest BCUT2D eigenvalue weighted by Crippen LogP contribution is -2.30. The van der Waals surface area contributed by atoms with Crippen molar-refractivity contribution in [3.05, 3.63) is 35.4 Å². The van der Waals surface area contributed by atoms with Gasteiger partial charge in [-0.05, 0) is 24.0 Å². The highest BCUT2D eigenvalue weighted by Gasteiger charge is 2.16. The molecule has 6 heteroatoms. The van der Waals surface area contributed by atoms with E-state index in [1.165, 1.54) is 12.8 Å². The highest BCUT2D eigenvalue weighted by Crippen LogP contribution is 2.20. The quantitative estimate of drug-likeness (QED) is 0.713. The Labute approximate surface area is 126 Å². The fraction of sp³-hybridized carbons (Fsp3) is 0.600. The number of sulfonamides is 1. The Kier molecular flexibility index (Phi) is 6.17. The maximum absolute atomic E-state index is 12.1. The van der Waals surface area contributed by atoms with Crippen LogP contribution in [0, 0.1) is 0 Å². The first kappa shape index (κ1) is 16.4. The number of hydrogen-bond acceptors (Lipinski definition) is 4. The lowest BCUT2D eigenvalue weighted by Gasteiger charge is -2.12. The van der Waals surface area contributed by atoms with Crippen molar-refractivity contribution in [2.45, 2.75) is 44.1 Å². The Morgan fingerprint density at radius 2 is 1.86 bits per heavy atom. The third-order valence-corrected chi connectivity index (χ3v) is 5.10. The molecule has 1 aliphatic rings. The van der Waals surface area contributed by atoms with Crippen LogP contribution in [0.1, 0.15) is 36.8 Å². The lowest BCUT2D eigenvalue weighted by atomic mass is 10.1. The van der Waals surface area contributed by atoms with Crippen LogP contribution in [0.2, 0.25) is 0 Å². The second-order valence-electron chi connectivity index (χ2n) is 5.40. The fourth-order valence-electron chi connectivity index (χ4n) is 2.63. The molecule has 0 aromatic heterocycles. The molecule has 0 heterocycles. The van der Waals surface area contributed by atoms with Crippen molar-refractivity contribution < 1.29 is 13.2 Å². The highest BCUT2D eigenvalue weighted by atomic mass is 32.2. The summed E-state index contributed by atoms with van der Waals surface area (Å²) in [5.74, 6) is -0.0379. The van der Waals surface area contributed by atoms with E-state index in [0.29, 0.717) is 25.8 Å². The topological polar surface area (TPSA) is 81.4 Å². The number of nitrogens with one attached hydrogen (secondary N) is 1. The van der Waals surface area contributed by atoms with Gasteiger partial charge in [0.25, 0.3) is 0 Å². The van der Waals surface area contributed by atoms with Gasteiger partial charge in [0.05, 0.1) is 18.5 Å². The van der Waals surface area contributed by atoms with E-state index in [-0.39, 0.29) is 5.75 Å². The van der Waals surface area contributed by atoms with Crippen molar-refractivity contribution in [2.75, 3.05) is 13.2 Å². The number of hydrogen-bond donors (Lipinski definition) is 2. The average molecular weight is 312 g/mol. The number of rotatable bonds is 8. The molecule has 0 bridgehead atoms. The summed E-state index contributed by atoms with van der Waals surface area (Å²) < 4.78 is 32.3. The van der Waals surface area contributed by atoms with Crippen molar-refractivity contribution in [1.82, 2.24) is 4.72 Å². The minimum Gasteiger partial charge on any atom is -0.377 e. The lowest BCUT2D eigenvalue weighted by molar-refractivity contribution is 0.0626. The molecule has 1 saturated carbocycles. The molecule has 0 atom stereocenters. The Morgan fingerprint density at radius 3 is 2.52 bits per heavy atom. The summed E-state index contributed by atoms with van der Waals surface area (Å²) >= 11 is 0. The number of ether oxygens (including phenoxy) is 1. The monoisotopic (exact) mass is 312 g/mol. The molecular formula is C15H24N2O3S. The van der Waals surface area contributed by atoms with E-state index in [4.69, 9.17) is 10.5 Å². The third kappa shape index (κ3) is 5.39. The molecule has 1 aromatic carbocycles. The molecule has 0 aliphatic heterocycles. The Morgan fingerprint density at radius 1 is 1.19 bits per heavy atom. The van der Waals surface area contributed by atoms with Gasteiger partial charge in [-0.2, -0.15) is 0 Å². The standard InChI is InChI=1S/C15H24N2O3S/c16-11-13-5-1-2-6-14(13)12-21(18,19)17-9-10-20-15-7-3-4-8-15/h1-2,5-6,15,17H,3-4,7-12,16H2. The van der Waals surface area contributed by atoms with Crippen LogP contribution in [0.25, 0.3) is 0 Å². The maximum atomic E-state index is 12.1. The summed E-state index contributed by atoms with van der Waals surface area (Å²) in [7, 11) is -3.35. The van der Waals surface area contributed by atoms with E-state index >= 15 is 0 Å². The zero-order valence-corrected chi connectivity index (χ0v) is 13.1. The van der Waals surface area contributed by atoms with Crippen LogP contribution in [-0.4, -0.2) is 27.7 Å². The van der Waals surface area contributed by atoms with Gasteiger partial charge in [-0.3, -0.25) is 0 Å². The van der Waals surface area contributed by atoms with Crippen LogP contribution < -0.4 is 10.5 Å². The fourth-order valence-corrected chi connectivity index (χ4v) is 3.82. The molecule has 0 unspecified atom stereocenters. The van der Waals surface area contributed by atoms with Gasteiger partial charge in [0, 0.05) is 13.1 Å². The summed E-state index contributed by atoms with van der Waals surface area (Å²) in [6, 6.07) is 7.35. The van der Waals surface area contributed by atoms with E-state index in [2.05, 4.69) is 4.72 Å². The molecule has 0 amide bonds. The van der Waals surface area contributed by atoms with Crippen LogP contribution in [0.3, 0.4) is 0 Å². The SMILES string of the molecule is NCc1ccccc1CS(=O)(=O)NCCOC1CCCC1. The zero-order chi connectivity index (χ0) is 15.1. The number of nitrogens with two attached hydrogens (primary N) is 1. The first-order valence-corrected chi connectivity index (χ1v) is 9.12. The molecule has 21 heavy (non-hydrogen) atoms. The molecule has 1 aromatic rings. The second kappa shape index (κ2) is 7.89. The van der Waals surface area contributed by atoms with Gasteiger partial charge in [0.1, 0.15) is 0 Å². The first-order chi connectivity index (χ1) is 10.1. The maximum Gasteiger partial charge on any atom is 0.215 e. The van der Waals surface area contributed by atoms with Crippen molar-refractivity contribution in [3.8, 4) is 0 Å². The van der Waals surface area contributed by atoms with Crippen LogP contribution in [-0.2, 0) is 27.1 Å². The zero-order valence-electron chi connectivity index (χ0n) is 12.3. The van der Waals surface area contributed by atoms with Crippen LogP contribution >= 0.6 is 0 Å². The van der Waals surface area contributed by atoms with E-state index in [9.17, 15) is 8.42 Å². The molecule has 0 spiro atoms. The van der Waals surface area contributed by atoms with Crippen molar-refractivity contribution in [2.24, 2.45) is 5.73 Å². The van der Waals surface area contributed by atoms with Crippen LogP contribution in [0.15, 0.2) is 24.3 Å². The Bertz CT molecular complexity index is 540. The average Bonchev–Trinajstić information content (AvgIpc) is 2.97. The normalized spacial score (nSPS) is 16.4.